The number of aromatic amines is 1. The summed E-state index contributed by atoms with van der Waals surface area (Å²) in [6.45, 7) is 2.94. The average molecular weight is 534 g/mol. The molecule has 10 nitrogen and oxygen atoms in total. The van der Waals surface area contributed by atoms with E-state index < -0.39 is 29.0 Å². The lowest BCUT2D eigenvalue weighted by molar-refractivity contribution is -0.138. The van der Waals surface area contributed by atoms with Gasteiger partial charge in [-0.1, -0.05) is 0 Å². The molecule has 1 aliphatic heterocycles. The highest BCUT2D eigenvalue weighted by Gasteiger charge is 2.33. The molecule has 13 heteroatoms. The van der Waals surface area contributed by atoms with E-state index in [0.717, 1.165) is 53.0 Å². The fourth-order valence-electron chi connectivity index (χ4n) is 5.22. The van der Waals surface area contributed by atoms with Gasteiger partial charge in [-0.05, 0) is 31.7 Å². The summed E-state index contributed by atoms with van der Waals surface area (Å²) in [6, 6.07) is -0.0614. The molecule has 5 rings (SSSR count). The number of ether oxygens (including phenoxy) is 1. The minimum Gasteiger partial charge on any atom is -0.378 e. The van der Waals surface area contributed by atoms with E-state index in [1.807, 2.05) is 6.20 Å². The first-order valence-electron chi connectivity index (χ1n) is 12.6. The van der Waals surface area contributed by atoms with Crippen LogP contribution in [0.5, 0.6) is 0 Å². The lowest BCUT2D eigenvalue weighted by Crippen LogP contribution is -2.42. The van der Waals surface area contributed by atoms with Crippen molar-refractivity contribution in [1.29, 1.82) is 0 Å². The molecule has 204 valence electrons. The lowest BCUT2D eigenvalue weighted by atomic mass is 9.83. The number of hydrogen-bond acceptors (Lipinski definition) is 6. The Morgan fingerprint density at radius 2 is 1.92 bits per heavy atom. The van der Waals surface area contributed by atoms with Crippen molar-refractivity contribution in [3.8, 4) is 0 Å². The summed E-state index contributed by atoms with van der Waals surface area (Å²) in [7, 11) is 2.81. The zero-order chi connectivity index (χ0) is 27.0. The van der Waals surface area contributed by atoms with Gasteiger partial charge in [0, 0.05) is 51.5 Å². The Labute approximate surface area is 216 Å². The van der Waals surface area contributed by atoms with Gasteiger partial charge in [0.25, 0.3) is 5.56 Å². The quantitative estimate of drug-likeness (QED) is 0.530. The first-order chi connectivity index (χ1) is 18.1. The fraction of sp³-hybridized carbons (Fsp3) is 0.520. The van der Waals surface area contributed by atoms with Gasteiger partial charge in [0.1, 0.15) is 11.2 Å². The Morgan fingerprint density at radius 3 is 2.61 bits per heavy atom. The van der Waals surface area contributed by atoms with Crippen molar-refractivity contribution in [1.82, 2.24) is 24.4 Å². The number of amides is 2. The number of pyridine rings is 1. The second kappa shape index (κ2) is 10.3. The number of alkyl halides is 3. The zero-order valence-corrected chi connectivity index (χ0v) is 21.2. The smallest absolute Gasteiger partial charge is 0.378 e. The summed E-state index contributed by atoms with van der Waals surface area (Å²) >= 11 is 0. The monoisotopic (exact) mass is 533 g/mol. The number of nitrogens with zero attached hydrogens (tertiary/aromatic N) is 5. The number of rotatable bonds is 4. The molecule has 1 saturated carbocycles. The van der Waals surface area contributed by atoms with Gasteiger partial charge in [0.2, 0.25) is 0 Å². The Bertz CT molecular complexity index is 1370. The standard InChI is InChI=1S/C25H30F3N7O3/c1-33-14-16(25(26,27)28)11-18(23(33)36)32-24(37)34(2)17-5-3-15(4-6-17)19-12-29-22-21(31-19)20(13-30-22)35-7-9-38-10-8-35/h11-15,17H,3-10H2,1-2H3,(H,29,30)(H,32,37). The molecule has 3 aromatic rings. The second-order valence-corrected chi connectivity index (χ2v) is 9.87. The van der Waals surface area contributed by atoms with Crippen molar-refractivity contribution in [2.75, 3.05) is 43.6 Å². The van der Waals surface area contributed by atoms with Gasteiger partial charge in [-0.2, -0.15) is 13.2 Å². The van der Waals surface area contributed by atoms with Crippen LogP contribution in [0.25, 0.3) is 11.2 Å². The van der Waals surface area contributed by atoms with Gasteiger partial charge < -0.3 is 29.4 Å². The van der Waals surface area contributed by atoms with Gasteiger partial charge in [0.15, 0.2) is 5.65 Å². The summed E-state index contributed by atoms with van der Waals surface area (Å²) in [6.07, 6.45) is 2.76. The van der Waals surface area contributed by atoms with Crippen molar-refractivity contribution >= 4 is 28.6 Å². The number of anilines is 2. The number of hydrogen-bond donors (Lipinski definition) is 2. The SMILES string of the molecule is CN(C(=O)Nc1cc(C(F)(F)F)cn(C)c1=O)C1CCC(c2cnc3[nH]cc(N4CCOCC4)c3n2)CC1. The molecule has 2 aliphatic rings. The molecule has 3 aromatic heterocycles. The Kier molecular flexibility index (Phi) is 7.03. The maximum absolute atomic E-state index is 13.2. The number of halogens is 3. The van der Waals surface area contributed by atoms with E-state index in [9.17, 15) is 22.8 Å². The predicted molar refractivity (Wildman–Crippen MR) is 135 cm³/mol. The van der Waals surface area contributed by atoms with Crippen molar-refractivity contribution in [3.05, 3.63) is 46.3 Å². The van der Waals surface area contributed by atoms with E-state index in [2.05, 4.69) is 20.2 Å². The van der Waals surface area contributed by atoms with Gasteiger partial charge in [-0.25, -0.2) is 14.8 Å². The molecule has 2 N–H and O–H groups in total. The van der Waals surface area contributed by atoms with Gasteiger partial charge >= 0.3 is 12.2 Å². The van der Waals surface area contributed by atoms with Crippen molar-refractivity contribution in [3.63, 3.8) is 0 Å². The summed E-state index contributed by atoms with van der Waals surface area (Å²) in [5.41, 5.74) is 1.38. The normalized spacial score (nSPS) is 20.5. The number of carbonyl (C=O) groups is 1. The predicted octanol–water partition coefficient (Wildman–Crippen LogP) is 3.70. The molecule has 1 saturated heterocycles. The van der Waals surface area contributed by atoms with Crippen LogP contribution in [0.15, 0.2) is 29.5 Å². The average Bonchev–Trinajstić information content (AvgIpc) is 3.34. The number of nitrogens with one attached hydrogen (secondary N) is 2. The first kappa shape index (κ1) is 26.0. The van der Waals surface area contributed by atoms with Crippen molar-refractivity contribution in [2.24, 2.45) is 7.05 Å². The van der Waals surface area contributed by atoms with Crippen LogP contribution in [0.2, 0.25) is 0 Å². The van der Waals surface area contributed by atoms with Crippen LogP contribution in [0.1, 0.15) is 42.9 Å². The van der Waals surface area contributed by atoms with E-state index in [0.29, 0.717) is 38.3 Å². The summed E-state index contributed by atoms with van der Waals surface area (Å²) in [5, 5.41) is 2.37. The molecule has 0 aromatic carbocycles. The number of urea groups is 1. The number of aryl methyl sites for hydroxylation is 1. The molecule has 0 atom stereocenters. The summed E-state index contributed by atoms with van der Waals surface area (Å²) < 4.78 is 45.8. The Hall–Kier alpha value is -3.61. The molecule has 2 fully saturated rings. The van der Waals surface area contributed by atoms with Crippen LogP contribution < -0.4 is 15.8 Å². The number of carbonyl (C=O) groups excluding carboxylic acids is 1. The minimum atomic E-state index is -4.63. The van der Waals surface area contributed by atoms with Crippen LogP contribution >= 0.6 is 0 Å². The van der Waals surface area contributed by atoms with E-state index in [1.54, 1.807) is 13.2 Å². The van der Waals surface area contributed by atoms with Gasteiger partial charge in [0.05, 0.1) is 36.4 Å². The van der Waals surface area contributed by atoms with Crippen LogP contribution in [0.4, 0.5) is 29.3 Å². The topological polar surface area (TPSA) is 108 Å². The highest BCUT2D eigenvalue weighted by Crippen LogP contribution is 2.35. The largest absolute Gasteiger partial charge is 0.417 e. The van der Waals surface area contributed by atoms with E-state index >= 15 is 0 Å². The molecule has 2 amide bonds. The molecular formula is C25H30F3N7O3. The molecule has 0 spiro atoms. The number of H-pyrrole nitrogens is 1. The first-order valence-corrected chi connectivity index (χ1v) is 12.6. The highest BCUT2D eigenvalue weighted by atomic mass is 19.4. The Morgan fingerprint density at radius 1 is 1.21 bits per heavy atom. The third-order valence-electron chi connectivity index (χ3n) is 7.47. The molecule has 0 radical (unpaired) electrons. The van der Waals surface area contributed by atoms with E-state index in [-0.39, 0.29) is 12.0 Å². The summed E-state index contributed by atoms with van der Waals surface area (Å²) in [5.74, 6) is 0.183. The molecule has 38 heavy (non-hydrogen) atoms. The number of morpholine rings is 1. The van der Waals surface area contributed by atoms with E-state index in [1.165, 1.54) is 11.9 Å². The number of fused-ring (bicyclic) bond motifs is 1. The molecular weight excluding hydrogens is 503 g/mol. The third kappa shape index (κ3) is 5.19. The second-order valence-electron chi connectivity index (χ2n) is 9.87. The Balaban J connectivity index is 1.24. The molecule has 1 aliphatic carbocycles. The van der Waals surface area contributed by atoms with Crippen LogP contribution in [0, 0.1) is 0 Å². The molecule has 0 unspecified atom stereocenters. The van der Waals surface area contributed by atoms with Crippen LogP contribution in [0.3, 0.4) is 0 Å². The number of aromatic nitrogens is 4. The lowest BCUT2D eigenvalue weighted by Gasteiger charge is -2.34. The van der Waals surface area contributed by atoms with Crippen molar-refractivity contribution in [2.45, 2.75) is 43.8 Å². The maximum Gasteiger partial charge on any atom is 0.417 e. The minimum absolute atomic E-state index is 0.117. The molecule has 4 heterocycles. The van der Waals surface area contributed by atoms with Gasteiger partial charge in [-0.3, -0.25) is 4.79 Å². The fourth-order valence-corrected chi connectivity index (χ4v) is 5.22. The van der Waals surface area contributed by atoms with E-state index in [4.69, 9.17) is 9.72 Å². The maximum atomic E-state index is 13.2. The van der Waals surface area contributed by atoms with Crippen LogP contribution in [-0.2, 0) is 18.0 Å². The molecule has 0 bridgehead atoms. The van der Waals surface area contributed by atoms with Gasteiger partial charge in [-0.15, -0.1) is 0 Å². The zero-order valence-electron chi connectivity index (χ0n) is 21.2. The van der Waals surface area contributed by atoms with Crippen LogP contribution in [-0.4, -0.2) is 69.8 Å². The third-order valence-corrected chi connectivity index (χ3v) is 7.47. The summed E-state index contributed by atoms with van der Waals surface area (Å²) in [4.78, 5) is 41.6. The van der Waals surface area contributed by atoms with Crippen molar-refractivity contribution < 1.29 is 22.7 Å². The highest BCUT2D eigenvalue weighted by molar-refractivity contribution is 5.89.